The number of rotatable bonds is 30. The van der Waals surface area contributed by atoms with E-state index < -0.39 is 0 Å². The maximum absolute atomic E-state index is 11.5. The Hall–Kier alpha value is -7.16. The van der Waals surface area contributed by atoms with Crippen molar-refractivity contribution in [3.63, 3.8) is 0 Å². The summed E-state index contributed by atoms with van der Waals surface area (Å²) in [5.74, 6) is 2.63. The molecule has 76 heavy (non-hydrogen) atoms. The lowest BCUT2D eigenvalue weighted by atomic mass is 10.1. The molecule has 0 amide bonds. The van der Waals surface area contributed by atoms with Crippen LogP contribution in [0.5, 0.6) is 23.0 Å². The Bertz CT molecular complexity index is 2800. The molecule has 0 fully saturated rings. The summed E-state index contributed by atoms with van der Waals surface area (Å²) in [6.45, 7) is 12.8. The maximum Gasteiger partial charge on any atom is 0.153 e. The zero-order valence-electron chi connectivity index (χ0n) is 45.1. The van der Waals surface area contributed by atoms with E-state index in [1.165, 1.54) is 0 Å². The smallest absolute Gasteiger partial charge is 0.153 e. The van der Waals surface area contributed by atoms with Crippen LogP contribution in [0, 0.1) is 27.7 Å². The number of ether oxygens (including phenoxy) is 10. The second-order valence-electron chi connectivity index (χ2n) is 19.0. The summed E-state index contributed by atoms with van der Waals surface area (Å²) < 4.78 is 59.6. The van der Waals surface area contributed by atoms with E-state index in [0.29, 0.717) is 102 Å². The number of hydrogen-bond donors (Lipinski definition) is 0. The molecule has 0 aliphatic carbocycles. The van der Waals surface area contributed by atoms with E-state index in [9.17, 15) is 9.59 Å². The van der Waals surface area contributed by atoms with Gasteiger partial charge in [0, 0.05) is 33.4 Å². The molecule has 0 aromatic heterocycles. The molecule has 0 bridgehead atoms. The SMILES string of the molecule is COc1c(C=O)cc(C)cc1COCc1ccc(COCc2cc(C)cc(COCc3ccc(COCc4cc(C)cc(COCc5ccc(COCc6cc(C)cc(C=O)c6OC)cc5)c4OC)cc3)c2OC)cc1. The van der Waals surface area contributed by atoms with Gasteiger partial charge >= 0.3 is 0 Å². The van der Waals surface area contributed by atoms with Crippen LogP contribution in [0.1, 0.15) is 110 Å². The largest absolute Gasteiger partial charge is 0.496 e. The van der Waals surface area contributed by atoms with Crippen LogP contribution in [0.4, 0.5) is 0 Å². The van der Waals surface area contributed by atoms with Crippen LogP contribution in [0.3, 0.4) is 0 Å². The molecular weight excluding hydrogens is 961 g/mol. The fraction of sp³-hybridized carbons (Fsp3) is 0.312. The first-order valence-electron chi connectivity index (χ1n) is 25.3. The van der Waals surface area contributed by atoms with E-state index in [1.807, 2.05) is 86.6 Å². The Balaban J connectivity index is 0.820. The summed E-state index contributed by atoms with van der Waals surface area (Å²) in [6, 6.07) is 40.5. The van der Waals surface area contributed by atoms with Gasteiger partial charge in [-0.15, -0.1) is 0 Å². The fourth-order valence-electron chi connectivity index (χ4n) is 9.32. The molecule has 0 saturated carbocycles. The van der Waals surface area contributed by atoms with Crippen molar-refractivity contribution >= 4 is 12.6 Å². The molecule has 0 unspecified atom stereocenters. The lowest BCUT2D eigenvalue weighted by Crippen LogP contribution is -2.04. The van der Waals surface area contributed by atoms with Crippen LogP contribution in [0.2, 0.25) is 0 Å². The van der Waals surface area contributed by atoms with Gasteiger partial charge in [-0.05, 0) is 84.3 Å². The van der Waals surface area contributed by atoms with E-state index >= 15 is 0 Å². The maximum atomic E-state index is 11.5. The van der Waals surface area contributed by atoms with Crippen LogP contribution in [0.25, 0.3) is 0 Å². The zero-order valence-corrected chi connectivity index (χ0v) is 45.1. The first-order chi connectivity index (χ1) is 37.0. The number of methoxy groups -OCH3 is 4. The Morgan fingerprint density at radius 3 is 0.645 bits per heavy atom. The van der Waals surface area contributed by atoms with E-state index in [4.69, 9.17) is 47.4 Å². The van der Waals surface area contributed by atoms with Crippen molar-refractivity contribution in [1.29, 1.82) is 0 Å². The number of carbonyl (C=O) groups is 2. The molecule has 12 heteroatoms. The molecule has 7 aromatic carbocycles. The van der Waals surface area contributed by atoms with Gasteiger partial charge in [-0.1, -0.05) is 120 Å². The molecule has 0 saturated heterocycles. The van der Waals surface area contributed by atoms with E-state index in [1.54, 1.807) is 28.4 Å². The van der Waals surface area contributed by atoms with Gasteiger partial charge in [0.25, 0.3) is 0 Å². The summed E-state index contributed by atoms with van der Waals surface area (Å²) in [4.78, 5) is 23.0. The van der Waals surface area contributed by atoms with Gasteiger partial charge in [-0.2, -0.15) is 0 Å². The standard InChI is InChI=1S/C64H70O12/c1-43-21-53(29-65)61(67-5)55(23-43)37-71-31-47-9-13-49(14-10-47)33-73-39-57-25-45(3)27-59(63(57)69-7)41-75-35-51-17-19-52(20-18-51)36-76-42-60-28-46(4)26-58(64(60)70-8)40-74-34-50-15-11-48(12-16-50)32-72-38-56-24-44(2)22-54(30-66)62(56)68-6/h9-30H,31-42H2,1-8H3. The van der Waals surface area contributed by atoms with Crippen LogP contribution in [-0.2, 0) is 108 Å². The summed E-state index contributed by atoms with van der Waals surface area (Å²) >= 11 is 0. The molecule has 0 atom stereocenters. The fourth-order valence-corrected chi connectivity index (χ4v) is 9.32. The monoisotopic (exact) mass is 1030 g/mol. The lowest BCUT2D eigenvalue weighted by Gasteiger charge is -2.16. The minimum Gasteiger partial charge on any atom is -0.496 e. The molecule has 0 radical (unpaired) electrons. The minimum atomic E-state index is 0.332. The van der Waals surface area contributed by atoms with Crippen molar-refractivity contribution in [2.45, 2.75) is 107 Å². The highest BCUT2D eigenvalue weighted by molar-refractivity contribution is 5.81. The summed E-state index contributed by atoms with van der Waals surface area (Å²) in [5, 5.41) is 0. The highest BCUT2D eigenvalue weighted by atomic mass is 16.5. The predicted octanol–water partition coefficient (Wildman–Crippen LogP) is 12.9. The summed E-state index contributed by atoms with van der Waals surface area (Å²) in [7, 11) is 6.49. The van der Waals surface area contributed by atoms with Gasteiger partial charge in [0.2, 0.25) is 0 Å². The van der Waals surface area contributed by atoms with Gasteiger partial charge in [-0.25, -0.2) is 0 Å². The van der Waals surface area contributed by atoms with Gasteiger partial charge in [0.05, 0.1) is 119 Å². The quantitative estimate of drug-likeness (QED) is 0.0398. The van der Waals surface area contributed by atoms with Crippen molar-refractivity contribution in [3.8, 4) is 23.0 Å². The zero-order chi connectivity index (χ0) is 53.8. The third-order valence-electron chi connectivity index (χ3n) is 12.7. The molecule has 0 aliphatic rings. The lowest BCUT2D eigenvalue weighted by molar-refractivity contribution is 0.0982. The van der Waals surface area contributed by atoms with E-state index in [0.717, 1.165) is 113 Å². The average Bonchev–Trinajstić information content (AvgIpc) is 3.41. The van der Waals surface area contributed by atoms with Crippen molar-refractivity contribution in [1.82, 2.24) is 0 Å². The third kappa shape index (κ3) is 15.9. The normalized spacial score (nSPS) is 11.2. The topological polar surface area (TPSA) is 126 Å². The number of aryl methyl sites for hydroxylation is 4. The van der Waals surface area contributed by atoms with Crippen LogP contribution < -0.4 is 18.9 Å². The van der Waals surface area contributed by atoms with Gasteiger partial charge in [-0.3, -0.25) is 9.59 Å². The molecule has 7 rings (SSSR count). The Morgan fingerprint density at radius 1 is 0.276 bits per heavy atom. The molecule has 0 N–H and O–H groups in total. The van der Waals surface area contributed by atoms with Crippen molar-refractivity contribution < 1.29 is 57.0 Å². The molecule has 7 aromatic rings. The Labute approximate surface area is 447 Å². The van der Waals surface area contributed by atoms with Crippen LogP contribution >= 0.6 is 0 Å². The van der Waals surface area contributed by atoms with Crippen LogP contribution in [0.15, 0.2) is 121 Å². The highest BCUT2D eigenvalue weighted by Gasteiger charge is 2.16. The second kappa shape index (κ2) is 28.7. The molecule has 0 heterocycles. The third-order valence-corrected chi connectivity index (χ3v) is 12.7. The molecule has 12 nitrogen and oxygen atoms in total. The molecule has 0 aliphatic heterocycles. The predicted molar refractivity (Wildman–Crippen MR) is 292 cm³/mol. The van der Waals surface area contributed by atoms with Gasteiger partial charge in [0.1, 0.15) is 23.0 Å². The number of benzene rings is 7. The average molecular weight is 1030 g/mol. The molecule has 0 spiro atoms. The van der Waals surface area contributed by atoms with Crippen molar-refractivity contribution in [2.24, 2.45) is 0 Å². The Kier molecular flexibility index (Phi) is 21.3. The number of aldehydes is 2. The minimum absolute atomic E-state index is 0.332. The van der Waals surface area contributed by atoms with Crippen molar-refractivity contribution in [2.75, 3.05) is 28.4 Å². The summed E-state index contributed by atoms with van der Waals surface area (Å²) in [6.07, 6.45) is 1.62. The Morgan fingerprint density at radius 2 is 0.461 bits per heavy atom. The van der Waals surface area contributed by atoms with E-state index in [2.05, 4.69) is 62.4 Å². The number of hydrogen-bond acceptors (Lipinski definition) is 12. The first-order valence-corrected chi connectivity index (χ1v) is 25.3. The molecular formula is C64H70O12. The van der Waals surface area contributed by atoms with Crippen molar-refractivity contribution in [3.05, 3.63) is 221 Å². The van der Waals surface area contributed by atoms with Gasteiger partial charge < -0.3 is 47.4 Å². The first kappa shape index (κ1) is 56.6. The molecule has 398 valence electrons. The van der Waals surface area contributed by atoms with Gasteiger partial charge in [0.15, 0.2) is 12.6 Å². The highest BCUT2D eigenvalue weighted by Crippen LogP contribution is 2.31. The summed E-state index contributed by atoms with van der Waals surface area (Å²) in [5.41, 5.74) is 17.0. The van der Waals surface area contributed by atoms with Crippen LogP contribution in [-0.4, -0.2) is 41.0 Å². The second-order valence-corrected chi connectivity index (χ2v) is 19.0. The number of carbonyl (C=O) groups excluding carboxylic acids is 2. The van der Waals surface area contributed by atoms with E-state index in [-0.39, 0.29) is 0 Å².